The van der Waals surface area contributed by atoms with Crippen LogP contribution in [0, 0.1) is 5.41 Å². The van der Waals surface area contributed by atoms with Crippen LogP contribution in [0.15, 0.2) is 59.5 Å². The Morgan fingerprint density at radius 1 is 0.926 bits per heavy atom. The number of nitrogens with zero attached hydrogens (tertiary/aromatic N) is 1. The third-order valence-corrected chi connectivity index (χ3v) is 7.76. The number of benzene rings is 2. The predicted octanol–water partition coefficient (Wildman–Crippen LogP) is 2.68. The van der Waals surface area contributed by atoms with E-state index >= 15 is 0 Å². The summed E-state index contributed by atoms with van der Waals surface area (Å²) in [4.78, 5) is 13.0. The maximum absolute atomic E-state index is 13.4. The molecule has 6 heteroatoms. The lowest BCUT2D eigenvalue weighted by molar-refractivity contribution is 0.103. The van der Waals surface area contributed by atoms with Crippen LogP contribution in [0.25, 0.3) is 0 Å². The van der Waals surface area contributed by atoms with Gasteiger partial charge in [-0.15, -0.1) is 0 Å². The highest BCUT2D eigenvalue weighted by molar-refractivity contribution is 7.89. The molecule has 2 heterocycles. The summed E-state index contributed by atoms with van der Waals surface area (Å²) in [5.74, 6) is -0.259. The molecule has 0 radical (unpaired) electrons. The summed E-state index contributed by atoms with van der Waals surface area (Å²) in [7, 11) is -3.71. The van der Waals surface area contributed by atoms with Gasteiger partial charge in [0, 0.05) is 24.2 Å². The highest BCUT2D eigenvalue weighted by Gasteiger charge is 2.44. The molecule has 0 aliphatic carbocycles. The smallest absolute Gasteiger partial charge is 0.243 e. The maximum atomic E-state index is 13.4. The topological polar surface area (TPSA) is 66.5 Å². The van der Waals surface area contributed by atoms with E-state index in [1.807, 2.05) is 6.07 Å². The lowest BCUT2D eigenvalue weighted by atomic mass is 9.78. The summed E-state index contributed by atoms with van der Waals surface area (Å²) in [6.45, 7) is 2.95. The van der Waals surface area contributed by atoms with E-state index in [0.29, 0.717) is 18.7 Å². The van der Waals surface area contributed by atoms with Crippen molar-refractivity contribution < 1.29 is 13.2 Å². The first kappa shape index (κ1) is 18.3. The minimum Gasteiger partial charge on any atom is -0.317 e. The quantitative estimate of drug-likeness (QED) is 0.823. The molecule has 5 nitrogen and oxygen atoms in total. The number of rotatable bonds is 4. The zero-order valence-corrected chi connectivity index (χ0v) is 16.0. The summed E-state index contributed by atoms with van der Waals surface area (Å²) >= 11 is 0. The van der Waals surface area contributed by atoms with Crippen molar-refractivity contribution in [3.8, 4) is 0 Å². The van der Waals surface area contributed by atoms with Crippen molar-refractivity contribution in [2.75, 3.05) is 26.2 Å². The summed E-state index contributed by atoms with van der Waals surface area (Å²) < 4.78 is 28.3. The molecule has 1 N–H and O–H groups in total. The molecule has 2 aliphatic heterocycles. The molecule has 2 fully saturated rings. The monoisotopic (exact) mass is 384 g/mol. The van der Waals surface area contributed by atoms with Gasteiger partial charge in [-0.3, -0.25) is 4.79 Å². The molecule has 0 bridgehead atoms. The zero-order chi connectivity index (χ0) is 18.9. The average Bonchev–Trinajstić information content (AvgIpc) is 3.13. The van der Waals surface area contributed by atoms with Gasteiger partial charge in [0.15, 0.2) is 5.78 Å². The van der Waals surface area contributed by atoms with E-state index in [4.69, 9.17) is 0 Å². The molecule has 0 saturated carbocycles. The van der Waals surface area contributed by atoms with Crippen LogP contribution in [-0.4, -0.2) is 44.7 Å². The summed E-state index contributed by atoms with van der Waals surface area (Å²) in [5.41, 5.74) is 0.822. The highest BCUT2D eigenvalue weighted by atomic mass is 32.2. The SMILES string of the molecule is O=C(c1ccccc1)c1ccccc1S(=O)(=O)N1CCC2(CCNCC2)C1. The van der Waals surface area contributed by atoms with E-state index in [2.05, 4.69) is 5.32 Å². The van der Waals surface area contributed by atoms with Gasteiger partial charge in [0.1, 0.15) is 0 Å². The van der Waals surface area contributed by atoms with E-state index in [-0.39, 0.29) is 21.7 Å². The molecular weight excluding hydrogens is 360 g/mol. The molecule has 1 spiro atoms. The Hall–Kier alpha value is -2.02. The summed E-state index contributed by atoms with van der Waals surface area (Å²) in [6.07, 6.45) is 2.90. The van der Waals surface area contributed by atoms with Crippen LogP contribution in [0.5, 0.6) is 0 Å². The van der Waals surface area contributed by atoms with Gasteiger partial charge in [0.05, 0.1) is 4.90 Å². The number of piperidine rings is 1. The Balaban J connectivity index is 1.66. The van der Waals surface area contributed by atoms with Crippen molar-refractivity contribution in [3.63, 3.8) is 0 Å². The molecule has 2 aromatic rings. The second kappa shape index (κ2) is 7.19. The molecule has 2 aliphatic rings. The number of hydrogen-bond acceptors (Lipinski definition) is 4. The van der Waals surface area contributed by atoms with E-state index in [9.17, 15) is 13.2 Å². The Morgan fingerprint density at radius 2 is 1.59 bits per heavy atom. The lowest BCUT2D eigenvalue weighted by Crippen LogP contribution is -2.40. The van der Waals surface area contributed by atoms with Crippen LogP contribution in [0.1, 0.15) is 35.2 Å². The number of carbonyl (C=O) groups is 1. The normalized spacial score (nSPS) is 20.0. The Kier molecular flexibility index (Phi) is 4.88. The van der Waals surface area contributed by atoms with Crippen LogP contribution in [0.3, 0.4) is 0 Å². The van der Waals surface area contributed by atoms with Gasteiger partial charge in [-0.1, -0.05) is 42.5 Å². The lowest BCUT2D eigenvalue weighted by Gasteiger charge is -2.33. The van der Waals surface area contributed by atoms with Gasteiger partial charge in [0.2, 0.25) is 10.0 Å². The maximum Gasteiger partial charge on any atom is 0.243 e. The number of nitrogens with one attached hydrogen (secondary N) is 1. The molecule has 2 aromatic carbocycles. The molecule has 27 heavy (non-hydrogen) atoms. The number of carbonyl (C=O) groups excluding carboxylic acids is 1. The molecule has 142 valence electrons. The number of ketones is 1. The first-order chi connectivity index (χ1) is 13.0. The molecule has 0 unspecified atom stereocenters. The van der Waals surface area contributed by atoms with Gasteiger partial charge in [0.25, 0.3) is 0 Å². The van der Waals surface area contributed by atoms with Crippen molar-refractivity contribution in [1.29, 1.82) is 0 Å². The van der Waals surface area contributed by atoms with Gasteiger partial charge >= 0.3 is 0 Å². The van der Waals surface area contributed by atoms with Gasteiger partial charge in [-0.25, -0.2) is 8.42 Å². The molecule has 0 amide bonds. The number of sulfonamides is 1. The van der Waals surface area contributed by atoms with Crippen molar-refractivity contribution in [2.45, 2.75) is 24.2 Å². The van der Waals surface area contributed by atoms with Crippen molar-refractivity contribution in [2.24, 2.45) is 5.41 Å². The van der Waals surface area contributed by atoms with Gasteiger partial charge < -0.3 is 5.32 Å². The van der Waals surface area contributed by atoms with Gasteiger partial charge in [-0.05, 0) is 49.9 Å². The van der Waals surface area contributed by atoms with Crippen LogP contribution >= 0.6 is 0 Å². The Bertz CT molecular complexity index is 935. The zero-order valence-electron chi connectivity index (χ0n) is 15.2. The van der Waals surface area contributed by atoms with Crippen molar-refractivity contribution >= 4 is 15.8 Å². The number of hydrogen-bond donors (Lipinski definition) is 1. The molecule has 4 rings (SSSR count). The molecule has 0 aromatic heterocycles. The molecular formula is C21H24N2O3S. The standard InChI is InChI=1S/C21H24N2O3S/c24-20(17-6-2-1-3-7-17)18-8-4-5-9-19(18)27(25,26)23-15-12-21(16-23)10-13-22-14-11-21/h1-9,22H,10-16H2. The minimum atomic E-state index is -3.71. The third-order valence-electron chi connectivity index (χ3n) is 5.85. The van der Waals surface area contributed by atoms with E-state index in [0.717, 1.165) is 32.4 Å². The highest BCUT2D eigenvalue weighted by Crippen LogP contribution is 2.41. The van der Waals surface area contributed by atoms with Crippen molar-refractivity contribution in [1.82, 2.24) is 9.62 Å². The van der Waals surface area contributed by atoms with Crippen LogP contribution in [0.4, 0.5) is 0 Å². The third kappa shape index (κ3) is 3.45. The van der Waals surface area contributed by atoms with E-state index in [1.165, 1.54) is 0 Å². The molecule has 0 atom stereocenters. The van der Waals surface area contributed by atoms with Crippen LogP contribution < -0.4 is 5.32 Å². The first-order valence-electron chi connectivity index (χ1n) is 9.42. The Labute approximate surface area is 160 Å². The second-order valence-corrected chi connectivity index (χ2v) is 9.44. The largest absolute Gasteiger partial charge is 0.317 e. The summed E-state index contributed by atoms with van der Waals surface area (Å²) in [5, 5.41) is 3.35. The van der Waals surface area contributed by atoms with Crippen molar-refractivity contribution in [3.05, 3.63) is 65.7 Å². The first-order valence-corrected chi connectivity index (χ1v) is 10.9. The summed E-state index contributed by atoms with van der Waals surface area (Å²) in [6, 6.07) is 15.4. The molecule has 2 saturated heterocycles. The van der Waals surface area contributed by atoms with E-state index in [1.54, 1.807) is 52.8 Å². The minimum absolute atomic E-state index is 0.0801. The fourth-order valence-corrected chi connectivity index (χ4v) is 5.97. The van der Waals surface area contributed by atoms with E-state index < -0.39 is 10.0 Å². The van der Waals surface area contributed by atoms with Crippen LogP contribution in [-0.2, 0) is 10.0 Å². The average molecular weight is 385 g/mol. The fraction of sp³-hybridized carbons (Fsp3) is 0.381. The second-order valence-electron chi connectivity index (χ2n) is 7.53. The Morgan fingerprint density at radius 3 is 2.33 bits per heavy atom. The van der Waals surface area contributed by atoms with Gasteiger partial charge in [-0.2, -0.15) is 4.31 Å². The van der Waals surface area contributed by atoms with Crippen LogP contribution in [0.2, 0.25) is 0 Å². The fourth-order valence-electron chi connectivity index (χ4n) is 4.23. The predicted molar refractivity (Wildman–Crippen MR) is 104 cm³/mol.